The lowest BCUT2D eigenvalue weighted by atomic mass is 10.1. The highest BCUT2D eigenvalue weighted by atomic mass is 15.3. The Balaban J connectivity index is 2.18. The van der Waals surface area contributed by atoms with Crippen molar-refractivity contribution in [1.82, 2.24) is 15.0 Å². The quantitative estimate of drug-likeness (QED) is 0.556. The van der Waals surface area contributed by atoms with Crippen LogP contribution in [0.25, 0.3) is 0 Å². The third-order valence-corrected chi connectivity index (χ3v) is 3.15. The van der Waals surface area contributed by atoms with E-state index in [4.69, 9.17) is 5.84 Å². The fraction of sp³-hybridized carbons (Fsp3) is 0.700. The van der Waals surface area contributed by atoms with E-state index in [2.05, 4.69) is 28.8 Å². The molecule has 4 nitrogen and oxygen atoms in total. The third-order valence-electron chi connectivity index (χ3n) is 3.15. The average Bonchev–Trinajstić information content (AvgIpc) is 2.74. The fourth-order valence-corrected chi connectivity index (χ4v) is 2.07. The summed E-state index contributed by atoms with van der Waals surface area (Å²) in [6, 6.07) is 0.222. The predicted octanol–water partition coefficient (Wildman–Crippen LogP) is 1.06. The van der Waals surface area contributed by atoms with E-state index in [9.17, 15) is 0 Å². The van der Waals surface area contributed by atoms with Crippen LogP contribution in [0.1, 0.15) is 32.1 Å². The van der Waals surface area contributed by atoms with Crippen LogP contribution in [0.4, 0.5) is 0 Å². The summed E-state index contributed by atoms with van der Waals surface area (Å²) >= 11 is 0. The molecule has 1 aromatic rings. The largest absolute Gasteiger partial charge is 0.334 e. The van der Waals surface area contributed by atoms with Gasteiger partial charge in [0.05, 0.1) is 6.04 Å². The monoisotopic (exact) mass is 194 g/mol. The van der Waals surface area contributed by atoms with Crippen molar-refractivity contribution < 1.29 is 0 Å². The number of imidazole rings is 1. The van der Waals surface area contributed by atoms with E-state index < -0.39 is 0 Å². The Morgan fingerprint density at radius 2 is 2.50 bits per heavy atom. The van der Waals surface area contributed by atoms with E-state index >= 15 is 0 Å². The van der Waals surface area contributed by atoms with Gasteiger partial charge in [0.25, 0.3) is 0 Å². The summed E-state index contributed by atoms with van der Waals surface area (Å²) in [7, 11) is 0. The van der Waals surface area contributed by atoms with Crippen LogP contribution in [0.5, 0.6) is 0 Å². The molecule has 1 aromatic heterocycles. The van der Waals surface area contributed by atoms with E-state index in [1.807, 2.05) is 12.4 Å². The van der Waals surface area contributed by atoms with Crippen LogP contribution in [0, 0.1) is 11.8 Å². The standard InChI is InChI=1S/C10H18N4/c1-3-14-5-4-12-10(14)9(13-11)8-6-7(8)2/h4-5,7-9,13H,3,6,11H2,1-2H3. The molecule has 0 bridgehead atoms. The number of aromatic nitrogens is 2. The van der Waals surface area contributed by atoms with Crippen LogP contribution in [-0.2, 0) is 6.54 Å². The molecule has 4 heteroatoms. The normalized spacial score (nSPS) is 27.6. The maximum atomic E-state index is 5.59. The molecule has 0 amide bonds. The van der Waals surface area contributed by atoms with Crippen molar-refractivity contribution in [3.8, 4) is 0 Å². The van der Waals surface area contributed by atoms with Crippen molar-refractivity contribution in [3.05, 3.63) is 18.2 Å². The maximum Gasteiger partial charge on any atom is 0.127 e. The van der Waals surface area contributed by atoms with E-state index in [-0.39, 0.29) is 6.04 Å². The van der Waals surface area contributed by atoms with Gasteiger partial charge in [0.2, 0.25) is 0 Å². The maximum absolute atomic E-state index is 5.59. The van der Waals surface area contributed by atoms with Crippen LogP contribution in [0.15, 0.2) is 12.4 Å². The van der Waals surface area contributed by atoms with Gasteiger partial charge in [-0.25, -0.2) is 10.4 Å². The van der Waals surface area contributed by atoms with Gasteiger partial charge in [0.1, 0.15) is 5.82 Å². The molecule has 1 heterocycles. The first-order valence-corrected chi connectivity index (χ1v) is 5.25. The average molecular weight is 194 g/mol. The van der Waals surface area contributed by atoms with Gasteiger partial charge in [-0.3, -0.25) is 5.84 Å². The number of aryl methyl sites for hydroxylation is 1. The van der Waals surface area contributed by atoms with Gasteiger partial charge < -0.3 is 4.57 Å². The highest BCUT2D eigenvalue weighted by molar-refractivity contribution is 5.06. The van der Waals surface area contributed by atoms with Crippen molar-refractivity contribution >= 4 is 0 Å². The number of hydrogen-bond acceptors (Lipinski definition) is 3. The second-order valence-electron chi connectivity index (χ2n) is 4.09. The fourth-order valence-electron chi connectivity index (χ4n) is 2.07. The molecule has 78 valence electrons. The molecule has 1 fully saturated rings. The number of hydrogen-bond donors (Lipinski definition) is 2. The van der Waals surface area contributed by atoms with Crippen LogP contribution in [0.3, 0.4) is 0 Å². The van der Waals surface area contributed by atoms with Crippen molar-refractivity contribution in [1.29, 1.82) is 0 Å². The highest BCUT2D eigenvalue weighted by Gasteiger charge is 2.41. The first-order chi connectivity index (χ1) is 6.77. The summed E-state index contributed by atoms with van der Waals surface area (Å²) in [6.45, 7) is 5.33. The zero-order valence-electron chi connectivity index (χ0n) is 8.77. The number of rotatable bonds is 4. The summed E-state index contributed by atoms with van der Waals surface area (Å²) in [6.07, 6.45) is 5.11. The molecule has 2 rings (SSSR count). The Hall–Kier alpha value is -0.870. The molecular formula is C10H18N4. The van der Waals surface area contributed by atoms with Gasteiger partial charge in [-0.2, -0.15) is 0 Å². The first-order valence-electron chi connectivity index (χ1n) is 5.25. The lowest BCUT2D eigenvalue weighted by molar-refractivity contribution is 0.435. The minimum atomic E-state index is 0.222. The van der Waals surface area contributed by atoms with Crippen molar-refractivity contribution in [2.45, 2.75) is 32.9 Å². The van der Waals surface area contributed by atoms with Crippen LogP contribution in [-0.4, -0.2) is 9.55 Å². The Morgan fingerprint density at radius 3 is 3.00 bits per heavy atom. The Labute approximate surface area is 84.5 Å². The molecule has 0 saturated heterocycles. The second kappa shape index (κ2) is 3.71. The molecule has 1 saturated carbocycles. The Kier molecular flexibility index (Phi) is 2.56. The van der Waals surface area contributed by atoms with Crippen LogP contribution >= 0.6 is 0 Å². The van der Waals surface area contributed by atoms with Gasteiger partial charge in [-0.05, 0) is 25.2 Å². The number of nitrogens with zero attached hydrogens (tertiary/aromatic N) is 2. The van der Waals surface area contributed by atoms with Gasteiger partial charge in [-0.15, -0.1) is 0 Å². The molecule has 0 aromatic carbocycles. The third kappa shape index (κ3) is 1.55. The Bertz CT molecular complexity index is 307. The summed E-state index contributed by atoms with van der Waals surface area (Å²) in [5, 5.41) is 0. The Morgan fingerprint density at radius 1 is 1.79 bits per heavy atom. The van der Waals surface area contributed by atoms with Gasteiger partial charge in [0, 0.05) is 18.9 Å². The summed E-state index contributed by atoms with van der Waals surface area (Å²) in [5.74, 6) is 8.10. The van der Waals surface area contributed by atoms with Gasteiger partial charge in [0.15, 0.2) is 0 Å². The predicted molar refractivity (Wildman–Crippen MR) is 55.2 cm³/mol. The van der Waals surface area contributed by atoms with E-state index in [0.29, 0.717) is 5.92 Å². The van der Waals surface area contributed by atoms with E-state index in [1.54, 1.807) is 0 Å². The summed E-state index contributed by atoms with van der Waals surface area (Å²) in [5.41, 5.74) is 2.89. The SMILES string of the molecule is CCn1ccnc1C(NN)C1CC1C. The number of nitrogens with one attached hydrogen (secondary N) is 1. The molecule has 3 atom stereocenters. The lowest BCUT2D eigenvalue weighted by Gasteiger charge is -2.16. The van der Waals surface area contributed by atoms with Crippen molar-refractivity contribution in [2.75, 3.05) is 0 Å². The molecule has 14 heavy (non-hydrogen) atoms. The minimum absolute atomic E-state index is 0.222. The summed E-state index contributed by atoms with van der Waals surface area (Å²) in [4.78, 5) is 4.37. The van der Waals surface area contributed by atoms with E-state index in [1.165, 1.54) is 6.42 Å². The minimum Gasteiger partial charge on any atom is -0.334 e. The second-order valence-corrected chi connectivity index (χ2v) is 4.09. The number of hydrazine groups is 1. The molecule has 0 aliphatic heterocycles. The van der Waals surface area contributed by atoms with Crippen LogP contribution in [0.2, 0.25) is 0 Å². The lowest BCUT2D eigenvalue weighted by Crippen LogP contribution is -2.32. The van der Waals surface area contributed by atoms with E-state index in [0.717, 1.165) is 18.3 Å². The first kappa shape index (κ1) is 9.68. The molecule has 1 aliphatic rings. The van der Waals surface area contributed by atoms with Gasteiger partial charge >= 0.3 is 0 Å². The van der Waals surface area contributed by atoms with Crippen LogP contribution < -0.4 is 11.3 Å². The summed E-state index contributed by atoms with van der Waals surface area (Å²) < 4.78 is 2.15. The highest BCUT2D eigenvalue weighted by Crippen LogP contribution is 2.46. The zero-order valence-corrected chi connectivity index (χ0v) is 8.77. The topological polar surface area (TPSA) is 55.9 Å². The molecule has 3 N–H and O–H groups in total. The smallest absolute Gasteiger partial charge is 0.127 e. The van der Waals surface area contributed by atoms with Gasteiger partial charge in [-0.1, -0.05) is 6.92 Å². The molecule has 0 radical (unpaired) electrons. The molecule has 0 spiro atoms. The number of nitrogens with two attached hydrogens (primary N) is 1. The molecule has 1 aliphatic carbocycles. The molecular weight excluding hydrogens is 176 g/mol. The molecule has 3 unspecified atom stereocenters. The van der Waals surface area contributed by atoms with Crippen molar-refractivity contribution in [2.24, 2.45) is 17.7 Å². The zero-order chi connectivity index (χ0) is 10.1. The van der Waals surface area contributed by atoms with Crippen molar-refractivity contribution in [3.63, 3.8) is 0 Å².